The van der Waals surface area contributed by atoms with Crippen molar-refractivity contribution < 1.29 is 27.6 Å². The maximum atomic E-state index is 12.9. The Hall–Kier alpha value is -2.42. The molecule has 0 fully saturated rings. The summed E-state index contributed by atoms with van der Waals surface area (Å²) in [5, 5.41) is 12.3. The van der Waals surface area contributed by atoms with Crippen molar-refractivity contribution >= 4 is 23.0 Å². The predicted octanol–water partition coefficient (Wildman–Crippen LogP) is 3.82. The van der Waals surface area contributed by atoms with Crippen LogP contribution < -0.4 is 4.74 Å². The number of alkyl halides is 3. The lowest BCUT2D eigenvalue weighted by Crippen LogP contribution is -2.15. The number of rotatable bonds is 4. The van der Waals surface area contributed by atoms with Crippen molar-refractivity contribution in [2.45, 2.75) is 12.6 Å². The maximum absolute atomic E-state index is 12.9. The van der Waals surface area contributed by atoms with Crippen LogP contribution in [0, 0.1) is 10.1 Å². The third-order valence-electron chi connectivity index (χ3n) is 2.60. The first kappa shape index (κ1) is 16.0. The number of halogens is 3. The molecule has 0 aliphatic carbocycles. The quantitative estimate of drug-likeness (QED) is 0.370. The van der Waals surface area contributed by atoms with Gasteiger partial charge in [-0.3, -0.25) is 14.9 Å². The Morgan fingerprint density at radius 3 is 2.59 bits per heavy atom. The van der Waals surface area contributed by atoms with E-state index in [0.717, 1.165) is 12.1 Å². The van der Waals surface area contributed by atoms with E-state index in [1.54, 1.807) is 17.5 Å². The summed E-state index contributed by atoms with van der Waals surface area (Å²) >= 11 is 1.27. The van der Waals surface area contributed by atoms with Crippen LogP contribution >= 0.6 is 11.3 Å². The summed E-state index contributed by atoms with van der Waals surface area (Å²) in [6, 6.07) is 5.30. The molecule has 0 aliphatic rings. The highest BCUT2D eigenvalue weighted by molar-refractivity contribution is 7.10. The third kappa shape index (κ3) is 3.82. The summed E-state index contributed by atoms with van der Waals surface area (Å²) in [7, 11) is 0. The van der Waals surface area contributed by atoms with Crippen molar-refractivity contribution in [2.75, 3.05) is 0 Å². The van der Waals surface area contributed by atoms with Crippen molar-refractivity contribution in [2.24, 2.45) is 0 Å². The molecule has 2 aromatic rings. The highest BCUT2D eigenvalue weighted by atomic mass is 32.1. The Kier molecular flexibility index (Phi) is 4.45. The Morgan fingerprint density at radius 1 is 1.32 bits per heavy atom. The van der Waals surface area contributed by atoms with Crippen molar-refractivity contribution in [3.05, 3.63) is 56.3 Å². The topological polar surface area (TPSA) is 69.4 Å². The Labute approximate surface area is 126 Å². The predicted molar refractivity (Wildman–Crippen MR) is 71.8 cm³/mol. The van der Waals surface area contributed by atoms with Crippen LogP contribution in [0.5, 0.6) is 5.75 Å². The first-order valence-corrected chi connectivity index (χ1v) is 6.74. The summed E-state index contributed by atoms with van der Waals surface area (Å²) in [4.78, 5) is 21.9. The molecule has 0 aliphatic heterocycles. The molecule has 0 unspecified atom stereocenters. The zero-order valence-electron chi connectivity index (χ0n) is 10.8. The number of ether oxygens (including phenoxy) is 1. The Balaban J connectivity index is 2.26. The molecule has 116 valence electrons. The number of carbonyl (C=O) groups is 1. The van der Waals surface area contributed by atoms with Gasteiger partial charge in [-0.15, -0.1) is 11.3 Å². The number of carbonyl (C=O) groups excluding carboxylic acids is 1. The Bertz CT molecular complexity index is 698. The van der Waals surface area contributed by atoms with E-state index in [9.17, 15) is 28.1 Å². The van der Waals surface area contributed by atoms with Crippen LogP contribution in [0.1, 0.15) is 10.4 Å². The molecule has 0 saturated carbocycles. The van der Waals surface area contributed by atoms with Crippen molar-refractivity contribution in [1.29, 1.82) is 0 Å². The normalized spacial score (nSPS) is 11.2. The molecule has 5 nitrogen and oxygen atoms in total. The Morgan fingerprint density at radius 2 is 2.05 bits per heavy atom. The maximum Gasteiger partial charge on any atom is 0.420 e. The highest BCUT2D eigenvalue weighted by Crippen LogP contribution is 2.38. The van der Waals surface area contributed by atoms with Crippen LogP contribution in [-0.2, 0) is 17.4 Å². The number of nitro benzene ring substituents is 1. The number of non-ortho nitro benzene ring substituents is 1. The summed E-state index contributed by atoms with van der Waals surface area (Å²) in [6.45, 7) is 0. The van der Waals surface area contributed by atoms with Gasteiger partial charge in [-0.2, -0.15) is 13.2 Å². The number of hydrogen-bond acceptors (Lipinski definition) is 5. The van der Waals surface area contributed by atoms with E-state index in [4.69, 9.17) is 4.74 Å². The number of thiophene rings is 1. The average Bonchev–Trinajstić information content (AvgIpc) is 2.90. The van der Waals surface area contributed by atoms with Gasteiger partial charge in [0.05, 0.1) is 11.3 Å². The zero-order chi connectivity index (χ0) is 16.3. The van der Waals surface area contributed by atoms with Gasteiger partial charge in [-0.1, -0.05) is 6.07 Å². The fourth-order valence-electron chi connectivity index (χ4n) is 1.66. The van der Waals surface area contributed by atoms with Gasteiger partial charge in [0.1, 0.15) is 11.3 Å². The van der Waals surface area contributed by atoms with Crippen LogP contribution in [0.2, 0.25) is 0 Å². The standard InChI is InChI=1S/C13H8F3NO4S/c14-13(15,16)10-6-8(17(19)20)3-4-11(10)21-12(18)7-9-2-1-5-22-9/h1-6H,7H2. The van der Waals surface area contributed by atoms with Crippen LogP contribution in [-0.4, -0.2) is 10.9 Å². The first-order valence-electron chi connectivity index (χ1n) is 5.86. The van der Waals surface area contributed by atoms with E-state index in [-0.39, 0.29) is 6.42 Å². The van der Waals surface area contributed by atoms with E-state index >= 15 is 0 Å². The second kappa shape index (κ2) is 6.14. The average molecular weight is 331 g/mol. The minimum absolute atomic E-state index is 0.175. The van der Waals surface area contributed by atoms with Crippen LogP contribution in [0.15, 0.2) is 35.7 Å². The van der Waals surface area contributed by atoms with Crippen molar-refractivity contribution in [1.82, 2.24) is 0 Å². The molecule has 1 aromatic heterocycles. The summed E-state index contributed by atoms with van der Waals surface area (Å²) in [5.41, 5.74) is -2.09. The molecule has 1 aromatic carbocycles. The molecule has 0 N–H and O–H groups in total. The number of benzene rings is 1. The van der Waals surface area contributed by atoms with E-state index < -0.39 is 34.1 Å². The lowest BCUT2D eigenvalue weighted by Gasteiger charge is -2.12. The molecule has 9 heteroatoms. The van der Waals surface area contributed by atoms with Gasteiger partial charge < -0.3 is 4.74 Å². The van der Waals surface area contributed by atoms with Gasteiger partial charge >= 0.3 is 12.1 Å². The summed E-state index contributed by atoms with van der Waals surface area (Å²) in [5.74, 6) is -1.62. The fourth-order valence-corrected chi connectivity index (χ4v) is 2.35. The van der Waals surface area contributed by atoms with E-state index in [1.807, 2.05) is 0 Å². The van der Waals surface area contributed by atoms with Gasteiger partial charge in [0.15, 0.2) is 0 Å². The van der Waals surface area contributed by atoms with E-state index in [0.29, 0.717) is 10.9 Å². The molecule has 2 rings (SSSR count). The second-order valence-corrected chi connectivity index (χ2v) is 5.20. The molecule has 0 amide bonds. The van der Waals surface area contributed by atoms with E-state index in [2.05, 4.69) is 0 Å². The van der Waals surface area contributed by atoms with Crippen LogP contribution in [0.4, 0.5) is 18.9 Å². The molecule has 0 atom stereocenters. The van der Waals surface area contributed by atoms with Gasteiger partial charge in [0, 0.05) is 17.0 Å². The molecule has 1 heterocycles. The molecular weight excluding hydrogens is 323 g/mol. The highest BCUT2D eigenvalue weighted by Gasteiger charge is 2.36. The number of nitrogens with zero attached hydrogens (tertiary/aromatic N) is 1. The minimum atomic E-state index is -4.87. The monoisotopic (exact) mass is 331 g/mol. The molecule has 0 spiro atoms. The first-order chi connectivity index (χ1) is 10.3. The fraction of sp³-hybridized carbons (Fsp3) is 0.154. The molecule has 22 heavy (non-hydrogen) atoms. The van der Waals surface area contributed by atoms with Crippen molar-refractivity contribution in [3.63, 3.8) is 0 Å². The summed E-state index contributed by atoms with van der Waals surface area (Å²) < 4.78 is 43.4. The summed E-state index contributed by atoms with van der Waals surface area (Å²) in [6.07, 6.45) is -5.05. The van der Waals surface area contributed by atoms with Crippen molar-refractivity contribution in [3.8, 4) is 5.75 Å². The van der Waals surface area contributed by atoms with Gasteiger partial charge in [0.25, 0.3) is 5.69 Å². The van der Waals surface area contributed by atoms with Crippen LogP contribution in [0.25, 0.3) is 0 Å². The minimum Gasteiger partial charge on any atom is -0.426 e. The zero-order valence-corrected chi connectivity index (χ0v) is 11.6. The lowest BCUT2D eigenvalue weighted by molar-refractivity contribution is -0.385. The number of hydrogen-bond donors (Lipinski definition) is 0. The third-order valence-corrected chi connectivity index (χ3v) is 3.48. The number of nitro groups is 1. The molecular formula is C13H8F3NO4S. The molecule has 0 saturated heterocycles. The van der Waals surface area contributed by atoms with Gasteiger partial charge in [-0.25, -0.2) is 0 Å². The largest absolute Gasteiger partial charge is 0.426 e. The molecule has 0 bridgehead atoms. The molecule has 0 radical (unpaired) electrons. The van der Waals surface area contributed by atoms with Gasteiger partial charge in [-0.05, 0) is 17.5 Å². The smallest absolute Gasteiger partial charge is 0.420 e. The second-order valence-electron chi connectivity index (χ2n) is 4.17. The van der Waals surface area contributed by atoms with Crippen LogP contribution in [0.3, 0.4) is 0 Å². The SMILES string of the molecule is O=C(Cc1cccs1)Oc1ccc([N+](=O)[O-])cc1C(F)(F)F. The number of esters is 1. The van der Waals surface area contributed by atoms with E-state index in [1.165, 1.54) is 11.3 Å². The lowest BCUT2D eigenvalue weighted by atomic mass is 10.1. The van der Waals surface area contributed by atoms with Gasteiger partial charge in [0.2, 0.25) is 0 Å².